The maximum Gasteiger partial charge on any atom is 0.118 e. The van der Waals surface area contributed by atoms with Crippen LogP contribution in [0.2, 0.25) is 0 Å². The van der Waals surface area contributed by atoms with Gasteiger partial charge in [-0.1, -0.05) is 58.8 Å². The third-order valence-electron chi connectivity index (χ3n) is 2.32. The van der Waals surface area contributed by atoms with Crippen LogP contribution in [-0.2, 0) is 11.2 Å². The molecule has 0 spiro atoms. The Morgan fingerprint density at radius 3 is 2.69 bits per heavy atom. The summed E-state index contributed by atoms with van der Waals surface area (Å²) < 4.78 is 6.73. The Labute approximate surface area is 112 Å². The average molecular weight is 328 g/mol. The summed E-state index contributed by atoms with van der Waals surface area (Å²) >= 11 is 2.35. The Morgan fingerprint density at radius 2 is 2.06 bits per heavy atom. The van der Waals surface area contributed by atoms with Gasteiger partial charge in [-0.05, 0) is 24.8 Å². The third-order valence-corrected chi connectivity index (χ3v) is 3.08. The van der Waals surface area contributed by atoms with Gasteiger partial charge in [0, 0.05) is 11.0 Å². The van der Waals surface area contributed by atoms with Crippen molar-refractivity contribution in [3.8, 4) is 12.3 Å². The first-order valence-corrected chi connectivity index (χ1v) is 7.07. The van der Waals surface area contributed by atoms with E-state index in [-0.39, 0.29) is 6.10 Å². The Bertz CT molecular complexity index is 315. The number of hydrogen-bond acceptors (Lipinski definition) is 1. The molecule has 0 heterocycles. The lowest BCUT2D eigenvalue weighted by Crippen LogP contribution is -2.12. The van der Waals surface area contributed by atoms with Gasteiger partial charge in [-0.15, -0.1) is 6.42 Å². The first-order chi connectivity index (χ1) is 7.86. The number of terminal acetylenes is 1. The second kappa shape index (κ2) is 8.60. The quantitative estimate of drug-likeness (QED) is 0.322. The first kappa shape index (κ1) is 13.5. The summed E-state index contributed by atoms with van der Waals surface area (Å²) in [5.74, 6) is 2.71. The SMILES string of the molecule is C#CC(CCc1ccccc1)OCCCI. The van der Waals surface area contributed by atoms with Gasteiger partial charge in [0.2, 0.25) is 0 Å². The van der Waals surface area contributed by atoms with Crippen molar-refractivity contribution in [2.45, 2.75) is 25.4 Å². The molecule has 1 aromatic carbocycles. The van der Waals surface area contributed by atoms with Crippen LogP contribution in [0.4, 0.5) is 0 Å². The van der Waals surface area contributed by atoms with Crippen molar-refractivity contribution in [2.75, 3.05) is 11.0 Å². The summed E-state index contributed by atoms with van der Waals surface area (Å²) in [6.07, 6.45) is 8.37. The average Bonchev–Trinajstić information content (AvgIpc) is 2.35. The lowest BCUT2D eigenvalue weighted by molar-refractivity contribution is 0.0874. The molecule has 1 unspecified atom stereocenters. The van der Waals surface area contributed by atoms with Crippen LogP contribution in [0.1, 0.15) is 18.4 Å². The number of alkyl halides is 1. The lowest BCUT2D eigenvalue weighted by Gasteiger charge is -2.11. The maximum absolute atomic E-state index is 5.61. The van der Waals surface area contributed by atoms with Gasteiger partial charge in [0.25, 0.3) is 0 Å². The van der Waals surface area contributed by atoms with E-state index in [0.717, 1.165) is 30.3 Å². The van der Waals surface area contributed by atoms with Crippen molar-refractivity contribution in [3.05, 3.63) is 35.9 Å². The molecule has 0 fully saturated rings. The zero-order chi connectivity index (χ0) is 11.6. The van der Waals surface area contributed by atoms with Crippen molar-refractivity contribution in [3.63, 3.8) is 0 Å². The zero-order valence-electron chi connectivity index (χ0n) is 9.36. The molecule has 0 aliphatic heterocycles. The van der Waals surface area contributed by atoms with Crippen LogP contribution in [0.3, 0.4) is 0 Å². The summed E-state index contributed by atoms with van der Waals surface area (Å²) in [7, 11) is 0. The largest absolute Gasteiger partial charge is 0.365 e. The Kier molecular flexibility index (Phi) is 7.28. The van der Waals surface area contributed by atoms with Crippen molar-refractivity contribution in [2.24, 2.45) is 0 Å². The Morgan fingerprint density at radius 1 is 1.31 bits per heavy atom. The minimum Gasteiger partial charge on any atom is -0.365 e. The van der Waals surface area contributed by atoms with Gasteiger partial charge < -0.3 is 4.74 Å². The Hall–Kier alpha value is -0.530. The fourth-order valence-electron chi connectivity index (χ4n) is 1.44. The highest BCUT2D eigenvalue weighted by atomic mass is 127. The van der Waals surface area contributed by atoms with Crippen LogP contribution in [0.5, 0.6) is 0 Å². The van der Waals surface area contributed by atoms with Crippen LogP contribution in [0.15, 0.2) is 30.3 Å². The lowest BCUT2D eigenvalue weighted by atomic mass is 10.1. The van der Waals surface area contributed by atoms with Gasteiger partial charge >= 0.3 is 0 Å². The van der Waals surface area contributed by atoms with E-state index in [9.17, 15) is 0 Å². The highest BCUT2D eigenvalue weighted by Gasteiger charge is 2.04. The predicted molar refractivity (Wildman–Crippen MR) is 76.8 cm³/mol. The third kappa shape index (κ3) is 5.53. The van der Waals surface area contributed by atoms with Gasteiger partial charge in [0.1, 0.15) is 6.10 Å². The molecule has 1 rings (SSSR count). The molecule has 0 amide bonds. The van der Waals surface area contributed by atoms with E-state index >= 15 is 0 Å². The number of hydrogen-bond donors (Lipinski definition) is 0. The molecule has 0 aliphatic carbocycles. The summed E-state index contributed by atoms with van der Waals surface area (Å²) in [6, 6.07) is 10.4. The molecule has 0 saturated carbocycles. The highest BCUT2D eigenvalue weighted by Crippen LogP contribution is 2.07. The molecular weight excluding hydrogens is 311 g/mol. The van der Waals surface area contributed by atoms with E-state index in [4.69, 9.17) is 11.2 Å². The van der Waals surface area contributed by atoms with Crippen LogP contribution in [0, 0.1) is 12.3 Å². The summed E-state index contributed by atoms with van der Waals surface area (Å²) in [5, 5.41) is 0. The monoisotopic (exact) mass is 328 g/mol. The fraction of sp³-hybridized carbons (Fsp3) is 0.429. The van der Waals surface area contributed by atoms with E-state index in [1.54, 1.807) is 0 Å². The molecule has 1 aromatic rings. The zero-order valence-corrected chi connectivity index (χ0v) is 11.5. The van der Waals surface area contributed by atoms with E-state index in [1.807, 2.05) is 6.07 Å². The molecule has 0 aromatic heterocycles. The molecular formula is C14H17IO. The number of halogens is 1. The molecule has 0 bridgehead atoms. The van der Waals surface area contributed by atoms with E-state index in [2.05, 4.69) is 52.8 Å². The molecule has 0 saturated heterocycles. The van der Waals surface area contributed by atoms with Crippen molar-refractivity contribution in [1.82, 2.24) is 0 Å². The molecule has 2 heteroatoms. The number of ether oxygens (including phenoxy) is 1. The van der Waals surface area contributed by atoms with Gasteiger partial charge in [0.05, 0.1) is 0 Å². The molecule has 0 aliphatic rings. The second-order valence-corrected chi connectivity index (χ2v) is 4.67. The molecule has 86 valence electrons. The number of rotatable bonds is 7. The van der Waals surface area contributed by atoms with Gasteiger partial charge in [-0.3, -0.25) is 0 Å². The van der Waals surface area contributed by atoms with Crippen molar-refractivity contribution < 1.29 is 4.74 Å². The smallest absolute Gasteiger partial charge is 0.118 e. The highest BCUT2D eigenvalue weighted by molar-refractivity contribution is 14.1. The first-order valence-electron chi connectivity index (χ1n) is 5.54. The Balaban J connectivity index is 2.27. The van der Waals surface area contributed by atoms with Gasteiger partial charge in [0.15, 0.2) is 0 Å². The number of aryl methyl sites for hydroxylation is 1. The molecule has 1 nitrogen and oxygen atoms in total. The minimum atomic E-state index is -0.0387. The normalized spacial score (nSPS) is 12.0. The predicted octanol–water partition coefficient (Wildman–Crippen LogP) is 3.46. The van der Waals surface area contributed by atoms with Crippen molar-refractivity contribution in [1.29, 1.82) is 0 Å². The summed E-state index contributed by atoms with van der Waals surface area (Å²) in [4.78, 5) is 0. The van der Waals surface area contributed by atoms with E-state index in [0.29, 0.717) is 0 Å². The second-order valence-electron chi connectivity index (χ2n) is 3.59. The number of benzene rings is 1. The minimum absolute atomic E-state index is 0.0387. The van der Waals surface area contributed by atoms with Gasteiger partial charge in [-0.25, -0.2) is 0 Å². The van der Waals surface area contributed by atoms with Crippen molar-refractivity contribution >= 4 is 22.6 Å². The molecule has 0 radical (unpaired) electrons. The van der Waals surface area contributed by atoms with Crippen LogP contribution < -0.4 is 0 Å². The standard InChI is InChI=1S/C14H17IO/c1-2-14(16-12-6-11-15)10-9-13-7-4-3-5-8-13/h1,3-5,7-8,14H,6,9-12H2. The van der Waals surface area contributed by atoms with E-state index in [1.165, 1.54) is 5.56 Å². The molecule has 0 N–H and O–H groups in total. The van der Waals surface area contributed by atoms with Crippen LogP contribution in [0.25, 0.3) is 0 Å². The van der Waals surface area contributed by atoms with Crippen LogP contribution in [-0.4, -0.2) is 17.1 Å². The summed E-state index contributed by atoms with van der Waals surface area (Å²) in [6.45, 7) is 0.770. The molecule has 1 atom stereocenters. The topological polar surface area (TPSA) is 9.23 Å². The van der Waals surface area contributed by atoms with Crippen LogP contribution >= 0.6 is 22.6 Å². The fourth-order valence-corrected chi connectivity index (χ4v) is 1.75. The van der Waals surface area contributed by atoms with Gasteiger partial charge in [-0.2, -0.15) is 0 Å². The summed E-state index contributed by atoms with van der Waals surface area (Å²) in [5.41, 5.74) is 1.32. The maximum atomic E-state index is 5.61. The molecule has 16 heavy (non-hydrogen) atoms. The van der Waals surface area contributed by atoms with E-state index < -0.39 is 0 Å².